The van der Waals surface area contributed by atoms with Crippen LogP contribution in [0.1, 0.15) is 11.1 Å². The van der Waals surface area contributed by atoms with Crippen molar-refractivity contribution in [3.63, 3.8) is 0 Å². The maximum Gasteiger partial charge on any atom is 0.262 e. The zero-order valence-electron chi connectivity index (χ0n) is 15.6. The molecule has 1 N–H and O–H groups in total. The second-order valence-corrected chi connectivity index (χ2v) is 7.77. The van der Waals surface area contributed by atoms with Gasteiger partial charge in [-0.3, -0.25) is 14.2 Å². The number of nitrogens with zero attached hydrogens (tertiary/aromatic N) is 2. The predicted octanol–water partition coefficient (Wildman–Crippen LogP) is 4.38. The first-order valence-corrected chi connectivity index (χ1v) is 9.74. The molecule has 6 heteroatoms. The summed E-state index contributed by atoms with van der Waals surface area (Å²) in [5.41, 5.74) is 3.70. The van der Waals surface area contributed by atoms with Crippen molar-refractivity contribution in [2.24, 2.45) is 0 Å². The maximum absolute atomic E-state index is 12.8. The van der Waals surface area contributed by atoms with Crippen molar-refractivity contribution in [2.75, 3.05) is 5.32 Å². The highest BCUT2D eigenvalue weighted by atomic mass is 32.1. The number of thiophene rings is 1. The molecule has 1 amide bonds. The number of hydrogen-bond acceptors (Lipinski definition) is 4. The number of anilines is 1. The molecule has 0 aliphatic carbocycles. The topological polar surface area (TPSA) is 64.0 Å². The number of fused-ring (bicyclic) bond motifs is 1. The van der Waals surface area contributed by atoms with E-state index in [0.717, 1.165) is 27.3 Å². The van der Waals surface area contributed by atoms with Gasteiger partial charge in [-0.05, 0) is 37.1 Å². The number of amides is 1. The molecule has 0 saturated carbocycles. The van der Waals surface area contributed by atoms with Crippen molar-refractivity contribution in [1.82, 2.24) is 9.55 Å². The van der Waals surface area contributed by atoms with Gasteiger partial charge in [0.05, 0.1) is 11.7 Å². The minimum atomic E-state index is -0.256. The SMILES string of the molecule is Cc1ccc(NC(=O)Cn2cnc3sc(-c4ccccc4)cc3c2=O)c(C)c1. The summed E-state index contributed by atoms with van der Waals surface area (Å²) >= 11 is 1.47. The first kappa shape index (κ1) is 18.1. The van der Waals surface area contributed by atoms with Crippen molar-refractivity contribution < 1.29 is 4.79 Å². The van der Waals surface area contributed by atoms with Gasteiger partial charge in [0.2, 0.25) is 5.91 Å². The summed E-state index contributed by atoms with van der Waals surface area (Å²) in [5, 5.41) is 3.40. The summed E-state index contributed by atoms with van der Waals surface area (Å²) in [6, 6.07) is 17.6. The molecule has 2 heterocycles. The first-order valence-electron chi connectivity index (χ1n) is 8.93. The summed E-state index contributed by atoms with van der Waals surface area (Å²) in [6.45, 7) is 3.87. The quantitative estimate of drug-likeness (QED) is 0.563. The van der Waals surface area contributed by atoms with E-state index in [1.165, 1.54) is 22.2 Å². The maximum atomic E-state index is 12.8. The van der Waals surface area contributed by atoms with Crippen LogP contribution in [-0.2, 0) is 11.3 Å². The first-order chi connectivity index (χ1) is 13.5. The predicted molar refractivity (Wildman–Crippen MR) is 114 cm³/mol. The van der Waals surface area contributed by atoms with E-state index < -0.39 is 0 Å². The van der Waals surface area contributed by atoms with Crippen LogP contribution in [0.4, 0.5) is 5.69 Å². The molecule has 0 fully saturated rings. The molecule has 0 spiro atoms. The zero-order chi connectivity index (χ0) is 19.7. The van der Waals surface area contributed by atoms with Gasteiger partial charge in [0, 0.05) is 10.6 Å². The lowest BCUT2D eigenvalue weighted by Gasteiger charge is -2.10. The third-order valence-corrected chi connectivity index (χ3v) is 5.64. The fourth-order valence-corrected chi connectivity index (χ4v) is 4.11. The highest BCUT2D eigenvalue weighted by Gasteiger charge is 2.13. The fraction of sp³-hybridized carbons (Fsp3) is 0.136. The van der Waals surface area contributed by atoms with Crippen LogP contribution >= 0.6 is 11.3 Å². The van der Waals surface area contributed by atoms with E-state index in [-0.39, 0.29) is 18.0 Å². The highest BCUT2D eigenvalue weighted by Crippen LogP contribution is 2.30. The minimum Gasteiger partial charge on any atom is -0.324 e. The van der Waals surface area contributed by atoms with E-state index in [4.69, 9.17) is 0 Å². The molecule has 5 nitrogen and oxygen atoms in total. The molecule has 140 valence electrons. The minimum absolute atomic E-state index is 0.0778. The van der Waals surface area contributed by atoms with Crippen molar-refractivity contribution in [2.45, 2.75) is 20.4 Å². The van der Waals surface area contributed by atoms with E-state index in [9.17, 15) is 9.59 Å². The number of rotatable bonds is 4. The van der Waals surface area contributed by atoms with Crippen LogP contribution in [0.2, 0.25) is 0 Å². The molecule has 0 atom stereocenters. The zero-order valence-corrected chi connectivity index (χ0v) is 16.4. The molecule has 4 rings (SSSR count). The van der Waals surface area contributed by atoms with Gasteiger partial charge < -0.3 is 5.32 Å². The molecule has 28 heavy (non-hydrogen) atoms. The Morgan fingerprint density at radius 3 is 2.64 bits per heavy atom. The number of nitrogens with one attached hydrogen (secondary N) is 1. The summed E-state index contributed by atoms with van der Waals surface area (Å²) in [7, 11) is 0. The summed E-state index contributed by atoms with van der Waals surface area (Å²) < 4.78 is 1.35. The van der Waals surface area contributed by atoms with Crippen LogP contribution in [-0.4, -0.2) is 15.5 Å². The van der Waals surface area contributed by atoms with Crippen LogP contribution in [0.15, 0.2) is 65.7 Å². The largest absolute Gasteiger partial charge is 0.324 e. The fourth-order valence-electron chi connectivity index (χ4n) is 3.12. The Hall–Kier alpha value is -3.25. The lowest BCUT2D eigenvalue weighted by atomic mass is 10.1. The van der Waals surface area contributed by atoms with E-state index >= 15 is 0 Å². The van der Waals surface area contributed by atoms with Crippen LogP contribution in [0.3, 0.4) is 0 Å². The molecular weight excluding hydrogens is 370 g/mol. The molecule has 0 unspecified atom stereocenters. The molecular formula is C22H19N3O2S. The van der Waals surface area contributed by atoms with Gasteiger partial charge in [-0.15, -0.1) is 11.3 Å². The molecule has 0 bridgehead atoms. The van der Waals surface area contributed by atoms with Crippen molar-refractivity contribution in [3.05, 3.63) is 82.4 Å². The van der Waals surface area contributed by atoms with Crippen molar-refractivity contribution in [1.29, 1.82) is 0 Å². The number of hydrogen-bond donors (Lipinski definition) is 1. The van der Waals surface area contributed by atoms with Gasteiger partial charge in [0.15, 0.2) is 0 Å². The number of benzene rings is 2. The molecule has 0 radical (unpaired) electrons. The summed E-state index contributed by atoms with van der Waals surface area (Å²) in [4.78, 5) is 31.3. The third kappa shape index (κ3) is 3.59. The number of aromatic nitrogens is 2. The number of carbonyl (C=O) groups excluding carboxylic acids is 1. The highest BCUT2D eigenvalue weighted by molar-refractivity contribution is 7.21. The second kappa shape index (κ2) is 7.40. The standard InChI is InChI=1S/C22H19N3O2S/c1-14-8-9-18(15(2)10-14)24-20(26)12-25-13-23-21-17(22(25)27)11-19(28-21)16-6-4-3-5-7-16/h3-11,13H,12H2,1-2H3,(H,24,26). The van der Waals surface area contributed by atoms with Crippen molar-refractivity contribution in [3.8, 4) is 10.4 Å². The smallest absolute Gasteiger partial charge is 0.262 e. The molecule has 4 aromatic rings. The Morgan fingerprint density at radius 2 is 1.89 bits per heavy atom. The molecule has 0 saturated heterocycles. The van der Waals surface area contributed by atoms with Crippen LogP contribution in [0.5, 0.6) is 0 Å². The van der Waals surface area contributed by atoms with Crippen LogP contribution in [0, 0.1) is 13.8 Å². The Morgan fingerprint density at radius 1 is 1.11 bits per heavy atom. The van der Waals surface area contributed by atoms with E-state index in [0.29, 0.717) is 10.2 Å². The summed E-state index contributed by atoms with van der Waals surface area (Å²) in [6.07, 6.45) is 1.44. The van der Waals surface area contributed by atoms with Gasteiger partial charge in [0.1, 0.15) is 11.4 Å². The number of aryl methyl sites for hydroxylation is 2. The Balaban J connectivity index is 1.59. The van der Waals surface area contributed by atoms with Gasteiger partial charge in [-0.1, -0.05) is 48.0 Å². The van der Waals surface area contributed by atoms with E-state index in [1.807, 2.05) is 68.4 Å². The van der Waals surface area contributed by atoms with Gasteiger partial charge in [-0.2, -0.15) is 0 Å². The van der Waals surface area contributed by atoms with Crippen LogP contribution < -0.4 is 10.9 Å². The van der Waals surface area contributed by atoms with Gasteiger partial charge in [-0.25, -0.2) is 4.98 Å². The molecule has 2 aromatic carbocycles. The molecule has 2 aromatic heterocycles. The lowest BCUT2D eigenvalue weighted by Crippen LogP contribution is -2.27. The Kier molecular flexibility index (Phi) is 4.79. The average molecular weight is 389 g/mol. The van der Waals surface area contributed by atoms with Crippen LogP contribution in [0.25, 0.3) is 20.7 Å². The van der Waals surface area contributed by atoms with Crippen molar-refractivity contribution >= 4 is 33.1 Å². The molecule has 0 aliphatic rings. The average Bonchev–Trinajstić information content (AvgIpc) is 3.12. The Bertz CT molecular complexity index is 1230. The van der Waals surface area contributed by atoms with Gasteiger partial charge in [0.25, 0.3) is 5.56 Å². The second-order valence-electron chi connectivity index (χ2n) is 6.74. The monoisotopic (exact) mass is 389 g/mol. The summed E-state index contributed by atoms with van der Waals surface area (Å²) in [5.74, 6) is -0.256. The normalized spacial score (nSPS) is 10.9. The Labute approximate surface area is 166 Å². The lowest BCUT2D eigenvalue weighted by molar-refractivity contribution is -0.116. The van der Waals surface area contributed by atoms with E-state index in [2.05, 4.69) is 10.3 Å². The molecule has 0 aliphatic heterocycles. The van der Waals surface area contributed by atoms with Gasteiger partial charge >= 0.3 is 0 Å². The number of carbonyl (C=O) groups is 1. The van der Waals surface area contributed by atoms with E-state index in [1.54, 1.807) is 0 Å². The third-order valence-electron chi connectivity index (χ3n) is 4.55.